The predicted molar refractivity (Wildman–Crippen MR) is 146 cm³/mol. The van der Waals surface area contributed by atoms with E-state index in [1.165, 1.54) is 12.1 Å². The van der Waals surface area contributed by atoms with Crippen LogP contribution in [0.4, 0.5) is 14.5 Å². The molecule has 1 aromatic carbocycles. The van der Waals surface area contributed by atoms with Crippen LogP contribution in [0.1, 0.15) is 45.0 Å². The highest BCUT2D eigenvalue weighted by molar-refractivity contribution is 5.97. The molecule has 4 heterocycles. The van der Waals surface area contributed by atoms with Crippen LogP contribution in [-0.2, 0) is 21.4 Å². The van der Waals surface area contributed by atoms with E-state index < -0.39 is 11.6 Å². The van der Waals surface area contributed by atoms with Crippen LogP contribution in [0.25, 0.3) is 0 Å². The third-order valence-electron chi connectivity index (χ3n) is 7.76. The Bertz CT molecular complexity index is 1140. The van der Waals surface area contributed by atoms with Crippen LogP contribution in [-0.4, -0.2) is 91.8 Å². The Morgan fingerprint density at radius 3 is 2.71 bits per heavy atom. The number of nitrogens with one attached hydrogen (secondary N) is 1. The van der Waals surface area contributed by atoms with Gasteiger partial charge in [0.1, 0.15) is 11.6 Å². The number of ether oxygens (including phenoxy) is 1. The number of piperazine rings is 1. The number of fused-ring (bicyclic) bond motifs is 1. The average molecular weight is 530 g/mol. The molecule has 1 N–H and O–H groups in total. The molecule has 0 unspecified atom stereocenters. The number of carbonyl (C=O) groups excluding carboxylic acids is 1. The summed E-state index contributed by atoms with van der Waals surface area (Å²) in [5.74, 6) is -1.12. The minimum Gasteiger partial charge on any atom is -0.379 e. The number of anilines is 1. The number of halogens is 2. The molecule has 3 aliphatic rings. The summed E-state index contributed by atoms with van der Waals surface area (Å²) in [6.07, 6.45) is 2.03. The molecule has 2 atom stereocenters. The number of pyridine rings is 1. The highest BCUT2D eigenvalue weighted by Crippen LogP contribution is 2.40. The maximum Gasteiger partial charge on any atom is 0.241 e. The number of carbonyl (C=O) groups is 1. The molecule has 1 aromatic heterocycles. The number of aromatic nitrogens is 1. The third-order valence-corrected chi connectivity index (χ3v) is 7.76. The van der Waals surface area contributed by atoms with Gasteiger partial charge in [0.2, 0.25) is 5.91 Å². The zero-order valence-electron chi connectivity index (χ0n) is 22.0. The highest BCUT2D eigenvalue weighted by Gasteiger charge is 2.40. The first-order valence-electron chi connectivity index (χ1n) is 13.2. The molecule has 7 nitrogen and oxygen atoms in total. The lowest BCUT2D eigenvalue weighted by atomic mass is 9.91. The number of hydrogen-bond donors (Lipinski definition) is 1. The van der Waals surface area contributed by atoms with E-state index in [4.69, 9.17) is 9.72 Å². The second-order valence-electron chi connectivity index (χ2n) is 11.3. The summed E-state index contributed by atoms with van der Waals surface area (Å²) in [4.78, 5) is 25.1. The molecule has 9 heteroatoms. The van der Waals surface area contributed by atoms with Crippen LogP contribution in [0.2, 0.25) is 0 Å². The lowest BCUT2D eigenvalue weighted by Gasteiger charge is -2.42. The Kier molecular flexibility index (Phi) is 8.82. The molecular formula is C29H41F2N5O2. The van der Waals surface area contributed by atoms with Crippen molar-refractivity contribution in [3.8, 4) is 0 Å². The lowest BCUT2D eigenvalue weighted by Crippen LogP contribution is -2.61. The summed E-state index contributed by atoms with van der Waals surface area (Å²) in [6, 6.07) is 6.14. The summed E-state index contributed by atoms with van der Waals surface area (Å²) in [6.45, 7) is 13.2. The number of rotatable bonds is 6. The molecule has 0 aliphatic carbocycles. The third kappa shape index (κ3) is 6.22. The van der Waals surface area contributed by atoms with Crippen LogP contribution in [0.3, 0.4) is 0 Å². The zero-order chi connectivity index (χ0) is 26.2. The van der Waals surface area contributed by atoms with Crippen molar-refractivity contribution in [2.75, 3.05) is 63.9 Å². The summed E-state index contributed by atoms with van der Waals surface area (Å²) >= 11 is 0. The summed E-state index contributed by atoms with van der Waals surface area (Å²) in [5, 5.41) is 3.57. The Balaban J connectivity index is 0.00000336. The van der Waals surface area contributed by atoms with Crippen molar-refractivity contribution < 1.29 is 18.3 Å². The van der Waals surface area contributed by atoms with Crippen LogP contribution < -0.4 is 10.2 Å². The van der Waals surface area contributed by atoms with Crippen molar-refractivity contribution >= 4 is 11.6 Å². The van der Waals surface area contributed by atoms with Crippen LogP contribution >= 0.6 is 0 Å². The fourth-order valence-corrected chi connectivity index (χ4v) is 5.73. The molecule has 0 saturated carbocycles. The standard InChI is InChI=1S/C28H37F2N5O2.CH4/c1-19-15-34(23(14-31-19)16-33-6-8-37-9-7-33)17-26(36)35-18-28(2,3)27-25(35)11-20(13-32-27)10-21-4-5-22(29)12-24(21)30;/h4-5,11-13,19,23,31H,6-10,14-18H2,1-3H3;1H4/t19-,23-;/m1./s1. The zero-order valence-corrected chi connectivity index (χ0v) is 22.0. The van der Waals surface area contributed by atoms with E-state index in [0.29, 0.717) is 24.7 Å². The minimum atomic E-state index is -0.596. The van der Waals surface area contributed by atoms with Crippen molar-refractivity contribution in [1.82, 2.24) is 20.1 Å². The van der Waals surface area contributed by atoms with Gasteiger partial charge < -0.3 is 15.0 Å². The SMILES string of the molecule is C.C[C@@H]1CN(CC(=O)N2CC(C)(C)c3ncc(Cc4ccc(F)cc4F)cc32)[C@@H](CN2CCOCC2)CN1. The average Bonchev–Trinajstić information content (AvgIpc) is 3.13. The van der Waals surface area contributed by atoms with E-state index in [1.807, 2.05) is 11.0 Å². The Hall–Kier alpha value is -2.46. The highest BCUT2D eigenvalue weighted by atomic mass is 19.1. The van der Waals surface area contributed by atoms with E-state index in [1.54, 1.807) is 6.20 Å². The topological polar surface area (TPSA) is 60.9 Å². The van der Waals surface area contributed by atoms with Gasteiger partial charge in [-0.25, -0.2) is 8.78 Å². The van der Waals surface area contributed by atoms with E-state index in [0.717, 1.165) is 68.9 Å². The van der Waals surface area contributed by atoms with Gasteiger partial charge in [-0.05, 0) is 30.2 Å². The number of nitrogens with zero attached hydrogens (tertiary/aromatic N) is 4. The van der Waals surface area contributed by atoms with Gasteiger partial charge in [-0.15, -0.1) is 0 Å². The van der Waals surface area contributed by atoms with E-state index in [2.05, 4.69) is 35.9 Å². The molecule has 3 aliphatic heterocycles. The van der Waals surface area contributed by atoms with Crippen LogP contribution in [0, 0.1) is 11.6 Å². The molecular weight excluding hydrogens is 488 g/mol. The second kappa shape index (κ2) is 11.7. The quantitative estimate of drug-likeness (QED) is 0.620. The molecule has 38 heavy (non-hydrogen) atoms. The molecule has 2 saturated heterocycles. The molecule has 0 spiro atoms. The van der Waals surface area contributed by atoms with E-state index in [9.17, 15) is 13.6 Å². The first kappa shape index (κ1) is 28.5. The van der Waals surface area contributed by atoms with Crippen molar-refractivity contribution in [2.45, 2.75) is 52.1 Å². The summed E-state index contributed by atoms with van der Waals surface area (Å²) in [5.41, 5.74) is 2.58. The Morgan fingerprint density at radius 2 is 1.97 bits per heavy atom. The van der Waals surface area contributed by atoms with Crippen molar-refractivity contribution in [1.29, 1.82) is 0 Å². The van der Waals surface area contributed by atoms with Gasteiger partial charge in [0.15, 0.2) is 0 Å². The van der Waals surface area contributed by atoms with Gasteiger partial charge in [-0.2, -0.15) is 0 Å². The normalized spacial score (nSPS) is 23.7. The molecule has 208 valence electrons. The monoisotopic (exact) mass is 529 g/mol. The van der Waals surface area contributed by atoms with Gasteiger partial charge >= 0.3 is 0 Å². The molecule has 1 amide bonds. The first-order valence-corrected chi connectivity index (χ1v) is 13.2. The molecule has 2 fully saturated rings. The lowest BCUT2D eigenvalue weighted by molar-refractivity contribution is -0.121. The maximum atomic E-state index is 14.3. The summed E-state index contributed by atoms with van der Waals surface area (Å²) in [7, 11) is 0. The fraction of sp³-hybridized carbons (Fsp3) is 0.586. The molecule has 5 rings (SSSR count). The van der Waals surface area contributed by atoms with Gasteiger partial charge in [0.05, 0.1) is 31.1 Å². The van der Waals surface area contributed by atoms with Crippen molar-refractivity contribution in [3.63, 3.8) is 0 Å². The predicted octanol–water partition coefficient (Wildman–Crippen LogP) is 3.21. The first-order chi connectivity index (χ1) is 17.7. The van der Waals surface area contributed by atoms with Crippen LogP contribution in [0.5, 0.6) is 0 Å². The number of benzene rings is 1. The molecule has 0 radical (unpaired) electrons. The van der Waals surface area contributed by atoms with E-state index in [-0.39, 0.29) is 31.2 Å². The van der Waals surface area contributed by atoms with E-state index >= 15 is 0 Å². The Morgan fingerprint density at radius 1 is 1.21 bits per heavy atom. The van der Waals surface area contributed by atoms with Gasteiger partial charge in [-0.1, -0.05) is 27.3 Å². The largest absolute Gasteiger partial charge is 0.379 e. The fourth-order valence-electron chi connectivity index (χ4n) is 5.73. The van der Waals surface area contributed by atoms with Crippen molar-refractivity contribution in [2.24, 2.45) is 0 Å². The molecule has 2 aromatic rings. The summed E-state index contributed by atoms with van der Waals surface area (Å²) < 4.78 is 33.1. The molecule has 0 bridgehead atoms. The number of morpholine rings is 1. The smallest absolute Gasteiger partial charge is 0.241 e. The Labute approximate surface area is 225 Å². The minimum absolute atomic E-state index is 0. The van der Waals surface area contributed by atoms with Gasteiger partial charge in [0, 0.05) is 75.5 Å². The van der Waals surface area contributed by atoms with Crippen molar-refractivity contribution in [3.05, 3.63) is 58.9 Å². The number of hydrogen-bond acceptors (Lipinski definition) is 6. The second-order valence-corrected chi connectivity index (χ2v) is 11.3. The van der Waals surface area contributed by atoms with Gasteiger partial charge in [0.25, 0.3) is 0 Å². The number of amides is 1. The maximum absolute atomic E-state index is 14.3. The van der Waals surface area contributed by atoms with Crippen LogP contribution in [0.15, 0.2) is 30.5 Å². The van der Waals surface area contributed by atoms with Gasteiger partial charge in [-0.3, -0.25) is 19.6 Å².